The van der Waals surface area contributed by atoms with Crippen LogP contribution in [0.15, 0.2) is 176 Å². The lowest BCUT2D eigenvalue weighted by Crippen LogP contribution is -2.14. The summed E-state index contributed by atoms with van der Waals surface area (Å²) >= 11 is 1.89. The number of thiophene rings is 1. The van der Waals surface area contributed by atoms with E-state index in [0.717, 1.165) is 0 Å². The third kappa shape index (κ3) is 4.56. The Morgan fingerprint density at radius 3 is 1.92 bits per heavy atom. The SMILES string of the molecule is CC1(C)c2ccccc2-c2ccc(-c3cccc(-c4ccc5c6ccccc6n(-c6cccc(-c7cccc8c7sc7ccccc78)c6)c5c4)c3)cc21. The molecular formula is C51H35NS. The first kappa shape index (κ1) is 30.4. The number of hydrogen-bond acceptors (Lipinski definition) is 1. The van der Waals surface area contributed by atoms with Crippen molar-refractivity contribution in [2.45, 2.75) is 19.3 Å². The van der Waals surface area contributed by atoms with Crippen LogP contribution < -0.4 is 0 Å². The predicted octanol–water partition coefficient (Wildman–Crippen LogP) is 14.5. The van der Waals surface area contributed by atoms with Gasteiger partial charge in [0.1, 0.15) is 0 Å². The molecule has 0 fully saturated rings. The number of nitrogens with zero attached hydrogens (tertiary/aromatic N) is 1. The lowest BCUT2D eigenvalue weighted by Gasteiger charge is -2.22. The minimum atomic E-state index is -0.0281. The second-order valence-electron chi connectivity index (χ2n) is 14.9. The first-order valence-electron chi connectivity index (χ1n) is 18.4. The molecule has 53 heavy (non-hydrogen) atoms. The van der Waals surface area contributed by atoms with Crippen molar-refractivity contribution < 1.29 is 0 Å². The highest BCUT2D eigenvalue weighted by Gasteiger charge is 2.35. The van der Waals surface area contributed by atoms with Gasteiger partial charge in [0.2, 0.25) is 0 Å². The fourth-order valence-electron chi connectivity index (χ4n) is 8.98. The van der Waals surface area contributed by atoms with Crippen LogP contribution in [0.2, 0.25) is 0 Å². The third-order valence-corrected chi connectivity index (χ3v) is 12.8. The Morgan fingerprint density at radius 2 is 1.02 bits per heavy atom. The van der Waals surface area contributed by atoms with Crippen molar-refractivity contribution in [1.29, 1.82) is 0 Å². The van der Waals surface area contributed by atoms with Gasteiger partial charge in [0.05, 0.1) is 11.0 Å². The Balaban J connectivity index is 1.04. The Bertz CT molecular complexity index is 3100. The summed E-state index contributed by atoms with van der Waals surface area (Å²) in [4.78, 5) is 0. The fourth-order valence-corrected chi connectivity index (χ4v) is 10.2. The number of rotatable bonds is 4. The molecule has 0 saturated heterocycles. The molecule has 1 aliphatic rings. The summed E-state index contributed by atoms with van der Waals surface area (Å²) in [5, 5.41) is 5.18. The van der Waals surface area contributed by atoms with E-state index in [1.165, 1.54) is 103 Å². The van der Waals surface area contributed by atoms with Crippen molar-refractivity contribution in [2.75, 3.05) is 0 Å². The van der Waals surface area contributed by atoms with Crippen LogP contribution in [0.4, 0.5) is 0 Å². The van der Waals surface area contributed by atoms with Gasteiger partial charge in [0, 0.05) is 42.0 Å². The van der Waals surface area contributed by atoms with E-state index >= 15 is 0 Å². The van der Waals surface area contributed by atoms with Crippen LogP contribution in [0, 0.1) is 0 Å². The van der Waals surface area contributed by atoms with Crippen LogP contribution >= 0.6 is 11.3 Å². The number of para-hydroxylation sites is 1. The van der Waals surface area contributed by atoms with E-state index in [0.29, 0.717) is 0 Å². The maximum Gasteiger partial charge on any atom is 0.0547 e. The molecule has 0 radical (unpaired) electrons. The van der Waals surface area contributed by atoms with Crippen LogP contribution in [-0.2, 0) is 5.41 Å². The van der Waals surface area contributed by atoms with Gasteiger partial charge in [-0.2, -0.15) is 0 Å². The fraction of sp³-hybridized carbons (Fsp3) is 0.0588. The number of fused-ring (bicyclic) bond motifs is 9. The Morgan fingerprint density at radius 1 is 0.396 bits per heavy atom. The van der Waals surface area contributed by atoms with Crippen LogP contribution in [-0.4, -0.2) is 4.57 Å². The number of benzene rings is 8. The van der Waals surface area contributed by atoms with Crippen molar-refractivity contribution in [3.63, 3.8) is 0 Å². The summed E-state index contributed by atoms with van der Waals surface area (Å²) in [7, 11) is 0. The monoisotopic (exact) mass is 693 g/mol. The van der Waals surface area contributed by atoms with Crippen molar-refractivity contribution in [3.8, 4) is 50.2 Å². The second-order valence-corrected chi connectivity index (χ2v) is 16.0. The zero-order valence-electron chi connectivity index (χ0n) is 29.6. The lowest BCUT2D eigenvalue weighted by atomic mass is 9.81. The molecule has 1 aliphatic carbocycles. The van der Waals surface area contributed by atoms with E-state index in [-0.39, 0.29) is 5.41 Å². The Hall–Kier alpha value is -6.22. The molecule has 250 valence electrons. The number of hydrogen-bond donors (Lipinski definition) is 0. The zero-order chi connectivity index (χ0) is 35.3. The van der Waals surface area contributed by atoms with Gasteiger partial charge in [-0.1, -0.05) is 147 Å². The molecule has 2 heteroatoms. The Labute approximate surface area is 313 Å². The van der Waals surface area contributed by atoms with Gasteiger partial charge in [-0.15, -0.1) is 11.3 Å². The predicted molar refractivity (Wildman–Crippen MR) is 228 cm³/mol. The standard InChI is InChI=1S/C51H35NS/c1-51(2)45-21-6-3-16-39(45)40-26-24-34(30-46(40)51)32-12-9-13-33(28-32)35-25-27-42-41-17-4-7-22-47(41)52(48(42)31-35)37-15-10-14-36(29-37)38-19-11-20-44-43-18-5-8-23-49(43)53-50(38)44/h3-31H,1-2H3. The topological polar surface area (TPSA) is 4.93 Å². The third-order valence-electron chi connectivity index (χ3n) is 11.6. The molecule has 1 nitrogen and oxygen atoms in total. The Kier molecular flexibility index (Phi) is 6.53. The van der Waals surface area contributed by atoms with Gasteiger partial charge in [-0.25, -0.2) is 0 Å². The minimum Gasteiger partial charge on any atom is -0.309 e. The lowest BCUT2D eigenvalue weighted by molar-refractivity contribution is 0.660. The summed E-state index contributed by atoms with van der Waals surface area (Å²) in [6.07, 6.45) is 0. The van der Waals surface area contributed by atoms with Gasteiger partial charge in [0.15, 0.2) is 0 Å². The van der Waals surface area contributed by atoms with Gasteiger partial charge in [-0.3, -0.25) is 0 Å². The zero-order valence-corrected chi connectivity index (χ0v) is 30.4. The van der Waals surface area contributed by atoms with Crippen molar-refractivity contribution in [2.24, 2.45) is 0 Å². The van der Waals surface area contributed by atoms with Crippen molar-refractivity contribution >= 4 is 53.3 Å². The molecule has 0 aliphatic heterocycles. The van der Waals surface area contributed by atoms with E-state index in [9.17, 15) is 0 Å². The molecule has 0 atom stereocenters. The maximum absolute atomic E-state index is 2.45. The molecule has 0 spiro atoms. The van der Waals surface area contributed by atoms with Crippen LogP contribution in [0.5, 0.6) is 0 Å². The first-order valence-corrected chi connectivity index (χ1v) is 19.2. The average Bonchev–Trinajstić information content (AvgIpc) is 3.83. The van der Waals surface area contributed by atoms with E-state index in [4.69, 9.17) is 0 Å². The average molecular weight is 694 g/mol. The molecular weight excluding hydrogens is 659 g/mol. The normalized spacial score (nSPS) is 13.2. The van der Waals surface area contributed by atoms with Crippen molar-refractivity contribution in [1.82, 2.24) is 4.57 Å². The van der Waals surface area contributed by atoms with Gasteiger partial charge >= 0.3 is 0 Å². The molecule has 0 bridgehead atoms. The summed E-state index contributed by atoms with van der Waals surface area (Å²) in [5.41, 5.74) is 16.5. The number of aromatic nitrogens is 1. The molecule has 11 rings (SSSR count). The summed E-state index contributed by atoms with van der Waals surface area (Å²) in [6.45, 7) is 4.71. The molecule has 0 unspecified atom stereocenters. The van der Waals surface area contributed by atoms with E-state index < -0.39 is 0 Å². The van der Waals surface area contributed by atoms with Crippen LogP contribution in [0.25, 0.3) is 92.2 Å². The van der Waals surface area contributed by atoms with Crippen LogP contribution in [0.1, 0.15) is 25.0 Å². The summed E-state index contributed by atoms with van der Waals surface area (Å²) in [5.74, 6) is 0. The van der Waals surface area contributed by atoms with Crippen LogP contribution in [0.3, 0.4) is 0 Å². The largest absolute Gasteiger partial charge is 0.309 e. The summed E-state index contributed by atoms with van der Waals surface area (Å²) in [6, 6.07) is 65.3. The summed E-state index contributed by atoms with van der Waals surface area (Å²) < 4.78 is 5.12. The molecule has 8 aromatic carbocycles. The highest BCUT2D eigenvalue weighted by atomic mass is 32.1. The van der Waals surface area contributed by atoms with E-state index in [2.05, 4.69) is 194 Å². The van der Waals surface area contributed by atoms with Gasteiger partial charge in [0.25, 0.3) is 0 Å². The minimum absolute atomic E-state index is 0.0281. The molecule has 10 aromatic rings. The highest BCUT2D eigenvalue weighted by Crippen LogP contribution is 2.50. The van der Waals surface area contributed by atoms with Crippen molar-refractivity contribution in [3.05, 3.63) is 187 Å². The molecule has 0 saturated carbocycles. The molecule has 2 aromatic heterocycles. The quantitative estimate of drug-likeness (QED) is 0.173. The molecule has 0 amide bonds. The first-order chi connectivity index (χ1) is 26.0. The van der Waals surface area contributed by atoms with E-state index in [1.807, 2.05) is 11.3 Å². The maximum atomic E-state index is 2.45. The second kappa shape index (κ2) is 11.4. The van der Waals surface area contributed by atoms with E-state index in [1.54, 1.807) is 0 Å². The van der Waals surface area contributed by atoms with Gasteiger partial charge < -0.3 is 4.57 Å². The highest BCUT2D eigenvalue weighted by molar-refractivity contribution is 7.26. The molecule has 0 N–H and O–H groups in total. The smallest absolute Gasteiger partial charge is 0.0547 e. The molecule has 2 heterocycles. The van der Waals surface area contributed by atoms with Gasteiger partial charge in [-0.05, 0) is 98.1 Å².